The van der Waals surface area contributed by atoms with Crippen molar-refractivity contribution in [2.45, 2.75) is 32.6 Å². The molecule has 0 unspecified atom stereocenters. The van der Waals surface area contributed by atoms with Gasteiger partial charge in [-0.1, -0.05) is 6.92 Å². The number of nitrogens with zero attached hydrogens (tertiary/aromatic N) is 1. The molecule has 1 aromatic rings. The third kappa shape index (κ3) is 3.01. The Morgan fingerprint density at radius 3 is 2.56 bits per heavy atom. The van der Waals surface area contributed by atoms with Gasteiger partial charge in [0.2, 0.25) is 0 Å². The van der Waals surface area contributed by atoms with Crippen LogP contribution in [0, 0.1) is 6.92 Å². The van der Waals surface area contributed by atoms with Crippen LogP contribution in [0.1, 0.15) is 25.1 Å². The fraction of sp³-hybridized carbons (Fsp3) is 0.455. The Balaban J connectivity index is 3.13. The summed E-state index contributed by atoms with van der Waals surface area (Å²) in [5.74, 6) is 0. The molecule has 0 fully saturated rings. The van der Waals surface area contributed by atoms with Crippen molar-refractivity contribution in [3.8, 4) is 0 Å². The van der Waals surface area contributed by atoms with Crippen molar-refractivity contribution < 1.29 is 14.3 Å². The maximum atomic E-state index is 11.5. The highest BCUT2D eigenvalue weighted by Crippen LogP contribution is 2.07. The lowest BCUT2D eigenvalue weighted by molar-refractivity contribution is -0.137. The average molecular weight is 254 g/mol. The van der Waals surface area contributed by atoms with E-state index in [1.165, 1.54) is 13.1 Å². The zero-order valence-electron chi connectivity index (χ0n) is 10.1. The number of aldehydes is 2. The van der Waals surface area contributed by atoms with Crippen LogP contribution < -0.4 is 11.2 Å². The van der Waals surface area contributed by atoms with Crippen molar-refractivity contribution in [2.24, 2.45) is 0 Å². The Hall–Kier alpha value is -2.02. The minimum absolute atomic E-state index is 0.268. The number of aromatic nitrogens is 2. The molecule has 1 heterocycles. The number of hydrogen-bond donors (Lipinski definition) is 1. The lowest BCUT2D eigenvalue weighted by Crippen LogP contribution is -2.36. The smallest absolute Gasteiger partial charge is 0.330 e. The van der Waals surface area contributed by atoms with Crippen molar-refractivity contribution >= 4 is 12.6 Å². The Morgan fingerprint density at radius 2 is 2.06 bits per heavy atom. The van der Waals surface area contributed by atoms with Gasteiger partial charge < -0.3 is 9.53 Å². The summed E-state index contributed by atoms with van der Waals surface area (Å²) in [6.07, 6.45) is 0.538. The van der Waals surface area contributed by atoms with Crippen LogP contribution in [-0.2, 0) is 14.3 Å². The van der Waals surface area contributed by atoms with Gasteiger partial charge in [-0.15, -0.1) is 0 Å². The second-order valence-electron chi connectivity index (χ2n) is 3.72. The molecule has 2 atom stereocenters. The van der Waals surface area contributed by atoms with Gasteiger partial charge in [-0.3, -0.25) is 19.1 Å². The first-order valence-corrected chi connectivity index (χ1v) is 5.41. The van der Waals surface area contributed by atoms with Gasteiger partial charge in [0, 0.05) is 11.8 Å². The Bertz CT molecular complexity index is 545. The summed E-state index contributed by atoms with van der Waals surface area (Å²) >= 11 is 0. The van der Waals surface area contributed by atoms with E-state index in [0.29, 0.717) is 19.0 Å². The Morgan fingerprint density at radius 1 is 1.39 bits per heavy atom. The molecule has 18 heavy (non-hydrogen) atoms. The zero-order chi connectivity index (χ0) is 13.7. The van der Waals surface area contributed by atoms with E-state index in [-0.39, 0.29) is 5.56 Å². The SMILES string of the molecule is CC[C@H](C=O)O[C@H](C=O)n1cc(C)c(=O)[nH]c1=O. The first kappa shape index (κ1) is 14.0. The molecule has 7 nitrogen and oxygen atoms in total. The van der Waals surface area contributed by atoms with Gasteiger partial charge in [0.05, 0.1) is 0 Å². The molecular formula is C11H14N2O5. The number of nitrogens with one attached hydrogen (secondary N) is 1. The molecule has 0 amide bonds. The second kappa shape index (κ2) is 6.06. The van der Waals surface area contributed by atoms with Crippen LogP contribution in [0.2, 0.25) is 0 Å². The average Bonchev–Trinajstić information content (AvgIpc) is 2.36. The molecule has 98 valence electrons. The van der Waals surface area contributed by atoms with E-state index < -0.39 is 23.6 Å². The van der Waals surface area contributed by atoms with E-state index in [9.17, 15) is 19.2 Å². The molecule has 0 saturated heterocycles. The van der Waals surface area contributed by atoms with Crippen LogP contribution in [0.25, 0.3) is 0 Å². The van der Waals surface area contributed by atoms with E-state index in [4.69, 9.17) is 4.74 Å². The van der Waals surface area contributed by atoms with E-state index >= 15 is 0 Å². The number of carbonyl (C=O) groups is 2. The maximum absolute atomic E-state index is 11.5. The normalized spacial score (nSPS) is 13.9. The molecule has 0 saturated carbocycles. The quantitative estimate of drug-likeness (QED) is 0.692. The molecule has 1 aromatic heterocycles. The fourth-order valence-corrected chi connectivity index (χ4v) is 1.34. The number of hydrogen-bond acceptors (Lipinski definition) is 5. The first-order chi connectivity index (χ1) is 8.53. The molecule has 7 heteroatoms. The molecule has 1 rings (SSSR count). The standard InChI is InChI=1S/C11H14N2O5/c1-3-8(5-14)18-9(6-15)13-4-7(2)10(16)12-11(13)17/h4-6,8-9H,3H2,1-2H3,(H,12,16,17)/t8-,9-/m1/s1. The maximum Gasteiger partial charge on any atom is 0.330 e. The third-order valence-corrected chi connectivity index (χ3v) is 2.40. The summed E-state index contributed by atoms with van der Waals surface area (Å²) in [7, 11) is 0. The van der Waals surface area contributed by atoms with Crippen LogP contribution in [0.3, 0.4) is 0 Å². The first-order valence-electron chi connectivity index (χ1n) is 5.41. The summed E-state index contributed by atoms with van der Waals surface area (Å²) in [6.45, 7) is 3.20. The highest BCUT2D eigenvalue weighted by atomic mass is 16.5. The lowest BCUT2D eigenvalue weighted by Gasteiger charge is -2.18. The molecule has 0 bridgehead atoms. The summed E-state index contributed by atoms with van der Waals surface area (Å²) in [5.41, 5.74) is -1.02. The van der Waals surface area contributed by atoms with Gasteiger partial charge >= 0.3 is 5.69 Å². The van der Waals surface area contributed by atoms with Gasteiger partial charge in [0.25, 0.3) is 5.56 Å². The summed E-state index contributed by atoms with van der Waals surface area (Å²) < 4.78 is 6.11. The number of ether oxygens (including phenoxy) is 1. The molecule has 1 N–H and O–H groups in total. The van der Waals surface area contributed by atoms with E-state index in [0.717, 1.165) is 4.57 Å². The van der Waals surface area contributed by atoms with Gasteiger partial charge in [0.15, 0.2) is 12.5 Å². The van der Waals surface area contributed by atoms with Crippen molar-refractivity contribution in [3.05, 3.63) is 32.6 Å². The predicted octanol–water partition coefficient (Wildman–Crippen LogP) is -0.463. The van der Waals surface area contributed by atoms with Crippen molar-refractivity contribution in [1.82, 2.24) is 9.55 Å². The highest BCUT2D eigenvalue weighted by molar-refractivity contribution is 5.58. The van der Waals surface area contributed by atoms with Crippen molar-refractivity contribution in [1.29, 1.82) is 0 Å². The minimum atomic E-state index is -1.23. The van der Waals surface area contributed by atoms with E-state index in [2.05, 4.69) is 4.98 Å². The molecule has 0 aliphatic rings. The van der Waals surface area contributed by atoms with E-state index in [1.807, 2.05) is 0 Å². The topological polar surface area (TPSA) is 98.2 Å². The molecular weight excluding hydrogens is 240 g/mol. The molecule has 0 spiro atoms. The van der Waals surface area contributed by atoms with Gasteiger partial charge in [0.1, 0.15) is 12.4 Å². The van der Waals surface area contributed by atoms with E-state index in [1.54, 1.807) is 6.92 Å². The largest absolute Gasteiger partial charge is 0.340 e. The van der Waals surface area contributed by atoms with Crippen LogP contribution in [0.5, 0.6) is 0 Å². The molecule has 0 aromatic carbocycles. The summed E-state index contributed by atoms with van der Waals surface area (Å²) in [5, 5.41) is 0. The number of rotatable bonds is 6. The predicted molar refractivity (Wildman–Crippen MR) is 62.4 cm³/mol. The fourth-order valence-electron chi connectivity index (χ4n) is 1.34. The highest BCUT2D eigenvalue weighted by Gasteiger charge is 2.17. The number of aromatic amines is 1. The van der Waals surface area contributed by atoms with Crippen molar-refractivity contribution in [2.75, 3.05) is 0 Å². The third-order valence-electron chi connectivity index (χ3n) is 2.40. The van der Waals surface area contributed by atoms with Gasteiger partial charge in [-0.25, -0.2) is 4.79 Å². The van der Waals surface area contributed by atoms with Gasteiger partial charge in [-0.2, -0.15) is 0 Å². The lowest BCUT2D eigenvalue weighted by atomic mass is 10.3. The summed E-state index contributed by atoms with van der Waals surface area (Å²) in [4.78, 5) is 46.3. The van der Waals surface area contributed by atoms with Gasteiger partial charge in [-0.05, 0) is 13.3 Å². The monoisotopic (exact) mass is 254 g/mol. The van der Waals surface area contributed by atoms with Crippen LogP contribution >= 0.6 is 0 Å². The molecule has 0 radical (unpaired) electrons. The Kier molecular flexibility index (Phi) is 4.73. The summed E-state index contributed by atoms with van der Waals surface area (Å²) in [6, 6.07) is 0. The van der Waals surface area contributed by atoms with Crippen LogP contribution in [0.4, 0.5) is 0 Å². The molecule has 0 aliphatic heterocycles. The van der Waals surface area contributed by atoms with Crippen molar-refractivity contribution in [3.63, 3.8) is 0 Å². The molecule has 0 aliphatic carbocycles. The second-order valence-corrected chi connectivity index (χ2v) is 3.72. The minimum Gasteiger partial charge on any atom is -0.340 e. The Labute approximate surface area is 102 Å². The number of H-pyrrole nitrogens is 1. The number of carbonyl (C=O) groups excluding carboxylic acids is 2. The number of aryl methyl sites for hydroxylation is 1. The van der Waals surface area contributed by atoms with Crippen LogP contribution in [0.15, 0.2) is 15.8 Å². The zero-order valence-corrected chi connectivity index (χ0v) is 10.1. The van der Waals surface area contributed by atoms with Crippen LogP contribution in [-0.4, -0.2) is 28.2 Å².